The Kier molecular flexibility index (Phi) is 4.66. The van der Waals surface area contributed by atoms with Gasteiger partial charge >= 0.3 is 0 Å². The summed E-state index contributed by atoms with van der Waals surface area (Å²) < 4.78 is 13.5. The highest BCUT2D eigenvalue weighted by Gasteiger charge is 2.08. The minimum atomic E-state index is -0.162. The molecule has 0 amide bonds. The monoisotopic (exact) mass is 286 g/mol. The third-order valence-electron chi connectivity index (χ3n) is 3.39. The first-order valence-electron chi connectivity index (χ1n) is 6.68. The first-order valence-corrected chi connectivity index (χ1v) is 7.31. The second-order valence-corrected chi connectivity index (χ2v) is 5.46. The van der Waals surface area contributed by atoms with E-state index >= 15 is 0 Å². The van der Waals surface area contributed by atoms with Crippen LogP contribution in [-0.4, -0.2) is 5.75 Å². The molecule has 2 heteroatoms. The molecule has 0 aliphatic rings. The fourth-order valence-electron chi connectivity index (χ4n) is 2.42. The molecule has 0 fully saturated rings. The summed E-state index contributed by atoms with van der Waals surface area (Å²) in [5, 5.41) is 0. The van der Waals surface area contributed by atoms with Crippen molar-refractivity contribution in [1.82, 2.24) is 0 Å². The Morgan fingerprint density at radius 3 is 2.45 bits per heavy atom. The number of halogens is 1. The van der Waals surface area contributed by atoms with Crippen molar-refractivity contribution in [3.05, 3.63) is 64.5 Å². The smallest absolute Gasteiger partial charge is 0.126 e. The Bertz CT molecular complexity index is 657. The molecule has 0 spiro atoms. The number of thiol groups is 1. The van der Waals surface area contributed by atoms with E-state index in [0.29, 0.717) is 11.3 Å². The molecule has 2 aromatic carbocycles. The van der Waals surface area contributed by atoms with Crippen LogP contribution in [0, 0.1) is 26.6 Å². The third kappa shape index (κ3) is 3.13. The van der Waals surface area contributed by atoms with Gasteiger partial charge in [0.05, 0.1) is 0 Å². The third-order valence-corrected chi connectivity index (χ3v) is 3.60. The van der Waals surface area contributed by atoms with Crippen LogP contribution in [0.25, 0.3) is 17.2 Å². The maximum absolute atomic E-state index is 13.5. The Balaban J connectivity index is 2.64. The highest BCUT2D eigenvalue weighted by atomic mass is 32.1. The van der Waals surface area contributed by atoms with E-state index < -0.39 is 0 Å². The minimum Gasteiger partial charge on any atom is -0.207 e. The highest BCUT2D eigenvalue weighted by Crippen LogP contribution is 2.30. The number of hydrogen-bond acceptors (Lipinski definition) is 1. The summed E-state index contributed by atoms with van der Waals surface area (Å²) in [4.78, 5) is 0. The van der Waals surface area contributed by atoms with Crippen LogP contribution in [0.1, 0.15) is 22.3 Å². The largest absolute Gasteiger partial charge is 0.207 e. The molecule has 0 nitrogen and oxygen atoms in total. The van der Waals surface area contributed by atoms with Crippen molar-refractivity contribution in [2.75, 3.05) is 5.75 Å². The molecule has 0 heterocycles. The molecule has 0 atom stereocenters. The van der Waals surface area contributed by atoms with Crippen molar-refractivity contribution >= 4 is 18.7 Å². The maximum Gasteiger partial charge on any atom is 0.126 e. The lowest BCUT2D eigenvalue weighted by atomic mass is 9.92. The van der Waals surface area contributed by atoms with Gasteiger partial charge in [0.2, 0.25) is 0 Å². The summed E-state index contributed by atoms with van der Waals surface area (Å²) in [5.41, 5.74) is 6.47. The molecule has 104 valence electrons. The molecule has 0 radical (unpaired) electrons. The van der Waals surface area contributed by atoms with Crippen molar-refractivity contribution in [1.29, 1.82) is 0 Å². The number of benzene rings is 2. The molecule has 0 bridgehead atoms. The zero-order valence-electron chi connectivity index (χ0n) is 12.1. The molecule has 20 heavy (non-hydrogen) atoms. The lowest BCUT2D eigenvalue weighted by Gasteiger charge is -2.12. The van der Waals surface area contributed by atoms with Crippen LogP contribution in [0.4, 0.5) is 4.39 Å². The van der Waals surface area contributed by atoms with Crippen LogP contribution in [0.3, 0.4) is 0 Å². The molecular weight excluding hydrogens is 267 g/mol. The fourth-order valence-corrected chi connectivity index (χ4v) is 2.53. The van der Waals surface area contributed by atoms with Gasteiger partial charge in [-0.3, -0.25) is 0 Å². The summed E-state index contributed by atoms with van der Waals surface area (Å²) in [6.07, 6.45) is 4.12. The van der Waals surface area contributed by atoms with Crippen LogP contribution >= 0.6 is 12.6 Å². The van der Waals surface area contributed by atoms with E-state index in [2.05, 4.69) is 44.7 Å². The predicted molar refractivity (Wildman–Crippen MR) is 88.9 cm³/mol. The van der Waals surface area contributed by atoms with E-state index in [1.54, 1.807) is 6.92 Å². The van der Waals surface area contributed by atoms with Crippen LogP contribution in [0.15, 0.2) is 36.4 Å². The second kappa shape index (κ2) is 6.27. The first kappa shape index (κ1) is 14.9. The molecule has 0 aliphatic carbocycles. The van der Waals surface area contributed by atoms with E-state index in [1.807, 2.05) is 18.2 Å². The quantitative estimate of drug-likeness (QED) is 0.721. The van der Waals surface area contributed by atoms with Gasteiger partial charge in [0.1, 0.15) is 5.82 Å². The van der Waals surface area contributed by atoms with Gasteiger partial charge in [-0.1, -0.05) is 35.9 Å². The van der Waals surface area contributed by atoms with E-state index in [1.165, 1.54) is 22.8 Å². The first-order chi connectivity index (χ1) is 9.52. The summed E-state index contributed by atoms with van der Waals surface area (Å²) in [6, 6.07) is 9.60. The SMILES string of the molecule is Cc1cc(C)c(C=CCS)c(-c2ccc(F)c(C)c2)c1. The molecule has 0 unspecified atom stereocenters. The Hall–Kier alpha value is -1.54. The minimum absolute atomic E-state index is 0.162. The summed E-state index contributed by atoms with van der Waals surface area (Å²) in [6.45, 7) is 5.98. The summed E-state index contributed by atoms with van der Waals surface area (Å²) >= 11 is 4.22. The normalized spacial score (nSPS) is 11.2. The van der Waals surface area contributed by atoms with Crippen LogP contribution in [-0.2, 0) is 0 Å². The second-order valence-electron chi connectivity index (χ2n) is 5.09. The van der Waals surface area contributed by atoms with E-state index in [9.17, 15) is 4.39 Å². The highest BCUT2D eigenvalue weighted by molar-refractivity contribution is 7.80. The molecular formula is C18H19FS. The van der Waals surface area contributed by atoms with E-state index in [-0.39, 0.29) is 5.82 Å². The molecule has 2 rings (SSSR count). The Labute approximate surface area is 125 Å². The van der Waals surface area contributed by atoms with Crippen LogP contribution in [0.5, 0.6) is 0 Å². The summed E-state index contributed by atoms with van der Waals surface area (Å²) in [7, 11) is 0. The van der Waals surface area contributed by atoms with Crippen molar-refractivity contribution in [3.63, 3.8) is 0 Å². The average molecular weight is 286 g/mol. The number of rotatable bonds is 3. The maximum atomic E-state index is 13.5. The topological polar surface area (TPSA) is 0 Å². The standard InChI is InChI=1S/C18H19FS/c1-12-9-13(2)16(5-4-8-20)17(10-12)15-6-7-18(19)14(3)11-15/h4-7,9-11,20H,8H2,1-3H3. The number of hydrogen-bond donors (Lipinski definition) is 1. The van der Waals surface area contributed by atoms with Gasteiger partial charge in [0.25, 0.3) is 0 Å². The Morgan fingerprint density at radius 1 is 1.05 bits per heavy atom. The van der Waals surface area contributed by atoms with Crippen molar-refractivity contribution in [2.24, 2.45) is 0 Å². The fraction of sp³-hybridized carbons (Fsp3) is 0.222. The molecule has 0 aliphatic heterocycles. The van der Waals surface area contributed by atoms with E-state index in [4.69, 9.17) is 0 Å². The zero-order chi connectivity index (χ0) is 14.7. The lowest BCUT2D eigenvalue weighted by Crippen LogP contribution is -1.92. The summed E-state index contributed by atoms with van der Waals surface area (Å²) in [5.74, 6) is 0.542. The van der Waals surface area contributed by atoms with Crippen LogP contribution < -0.4 is 0 Å². The van der Waals surface area contributed by atoms with Crippen molar-refractivity contribution in [3.8, 4) is 11.1 Å². The van der Waals surface area contributed by atoms with E-state index in [0.717, 1.165) is 11.1 Å². The average Bonchev–Trinajstić information content (AvgIpc) is 2.40. The molecule has 0 saturated carbocycles. The van der Waals surface area contributed by atoms with Gasteiger partial charge in [-0.05, 0) is 60.7 Å². The predicted octanol–water partition coefficient (Wildman–Crippen LogP) is 5.36. The van der Waals surface area contributed by atoms with Crippen molar-refractivity contribution < 1.29 is 4.39 Å². The lowest BCUT2D eigenvalue weighted by molar-refractivity contribution is 0.619. The van der Waals surface area contributed by atoms with Gasteiger partial charge in [0.15, 0.2) is 0 Å². The molecule has 0 aromatic heterocycles. The van der Waals surface area contributed by atoms with Gasteiger partial charge in [-0.25, -0.2) is 4.39 Å². The number of aryl methyl sites for hydroxylation is 3. The van der Waals surface area contributed by atoms with Gasteiger partial charge < -0.3 is 0 Å². The van der Waals surface area contributed by atoms with Crippen molar-refractivity contribution in [2.45, 2.75) is 20.8 Å². The van der Waals surface area contributed by atoms with Gasteiger partial charge in [-0.15, -0.1) is 0 Å². The molecule has 2 aromatic rings. The molecule has 0 saturated heterocycles. The Morgan fingerprint density at radius 2 is 1.80 bits per heavy atom. The van der Waals surface area contributed by atoms with Crippen LogP contribution in [0.2, 0.25) is 0 Å². The van der Waals surface area contributed by atoms with Gasteiger partial charge in [-0.2, -0.15) is 12.6 Å². The molecule has 0 N–H and O–H groups in total. The van der Waals surface area contributed by atoms with Gasteiger partial charge in [0, 0.05) is 5.75 Å². The zero-order valence-corrected chi connectivity index (χ0v) is 13.0.